The number of benzene rings is 2. The molecule has 2 aromatic rings. The lowest BCUT2D eigenvalue weighted by atomic mass is 9.94. The highest BCUT2D eigenvalue weighted by molar-refractivity contribution is 7.89. The summed E-state index contributed by atoms with van der Waals surface area (Å²) in [6, 6.07) is 8.97. The standard InChI is InChI=1S/C19H23F3N6O3S/c20-19(21,22)15-7-6-14(16(17(15)32(23,30)31)18-24-26-27-25-18)11-3-1-4-12(9-11)28-8-2-5-13(29)10-28/h1,3-4,6-7,9,13,18,24-27,29H,2,5,8,10H2,(H2,23,30,31). The van der Waals surface area contributed by atoms with E-state index in [9.17, 15) is 26.7 Å². The topological polar surface area (TPSA) is 132 Å². The van der Waals surface area contributed by atoms with Gasteiger partial charge in [-0.25, -0.2) is 24.4 Å². The van der Waals surface area contributed by atoms with Crippen LogP contribution >= 0.6 is 0 Å². The lowest BCUT2D eigenvalue weighted by Crippen LogP contribution is -2.38. The summed E-state index contributed by atoms with van der Waals surface area (Å²) in [5.41, 5.74) is 10.3. The fraction of sp³-hybridized carbons (Fsp3) is 0.368. The molecule has 4 rings (SSSR count). The highest BCUT2D eigenvalue weighted by atomic mass is 32.2. The summed E-state index contributed by atoms with van der Waals surface area (Å²) in [5, 5.41) is 15.3. The minimum atomic E-state index is -4.93. The van der Waals surface area contributed by atoms with Gasteiger partial charge in [0, 0.05) is 24.3 Å². The van der Waals surface area contributed by atoms with Gasteiger partial charge in [-0.3, -0.25) is 0 Å². The number of nitrogens with two attached hydrogens (primary N) is 1. The summed E-state index contributed by atoms with van der Waals surface area (Å²) in [4.78, 5) is 0.980. The van der Waals surface area contributed by atoms with Gasteiger partial charge in [0.05, 0.1) is 11.7 Å². The number of aliphatic hydroxyl groups excluding tert-OH is 1. The molecule has 2 aromatic carbocycles. The lowest BCUT2D eigenvalue weighted by Gasteiger charge is -2.32. The third kappa shape index (κ3) is 4.59. The average molecular weight is 472 g/mol. The van der Waals surface area contributed by atoms with Crippen LogP contribution in [0.1, 0.15) is 30.1 Å². The van der Waals surface area contributed by atoms with Crippen molar-refractivity contribution in [1.82, 2.24) is 21.9 Å². The number of rotatable bonds is 4. The molecule has 2 aliphatic heterocycles. The smallest absolute Gasteiger partial charge is 0.391 e. The van der Waals surface area contributed by atoms with Gasteiger partial charge in [0.25, 0.3) is 0 Å². The minimum Gasteiger partial charge on any atom is -0.391 e. The van der Waals surface area contributed by atoms with Crippen molar-refractivity contribution < 1.29 is 26.7 Å². The van der Waals surface area contributed by atoms with Gasteiger partial charge >= 0.3 is 6.18 Å². The van der Waals surface area contributed by atoms with Crippen LogP contribution in [0.4, 0.5) is 18.9 Å². The summed E-state index contributed by atoms with van der Waals surface area (Å²) >= 11 is 0. The second-order valence-electron chi connectivity index (χ2n) is 7.71. The molecule has 2 fully saturated rings. The SMILES string of the molecule is NS(=O)(=O)c1c(C(F)(F)F)ccc(-c2cccc(N3CCCC(O)C3)c2)c1C1NNNN1. The largest absolute Gasteiger partial charge is 0.417 e. The molecule has 1 atom stereocenters. The number of β-amino-alcohol motifs (C(OH)–C–C–N with tert-alkyl or cyclic N) is 1. The van der Waals surface area contributed by atoms with Gasteiger partial charge < -0.3 is 10.0 Å². The van der Waals surface area contributed by atoms with Gasteiger partial charge in [-0.1, -0.05) is 18.2 Å². The lowest BCUT2D eigenvalue weighted by molar-refractivity contribution is -0.140. The van der Waals surface area contributed by atoms with Crippen LogP contribution in [-0.4, -0.2) is 32.7 Å². The number of nitrogens with zero attached hydrogens (tertiary/aromatic N) is 1. The molecule has 0 bridgehead atoms. The molecule has 0 spiro atoms. The van der Waals surface area contributed by atoms with Crippen LogP contribution < -0.4 is 32.0 Å². The van der Waals surface area contributed by atoms with Crippen LogP contribution in [0.25, 0.3) is 11.1 Å². The first-order chi connectivity index (χ1) is 15.1. The molecule has 174 valence electrons. The molecule has 7 N–H and O–H groups in total. The van der Waals surface area contributed by atoms with E-state index in [1.165, 1.54) is 6.07 Å². The normalized spacial score (nSPS) is 20.7. The Bertz CT molecular complexity index is 1110. The third-order valence-electron chi connectivity index (χ3n) is 5.49. The molecular weight excluding hydrogens is 449 g/mol. The maximum atomic E-state index is 13.7. The van der Waals surface area contributed by atoms with Crippen LogP contribution in [-0.2, 0) is 16.2 Å². The number of piperidine rings is 1. The van der Waals surface area contributed by atoms with Gasteiger partial charge in [0.15, 0.2) is 0 Å². The zero-order valence-corrected chi connectivity index (χ0v) is 17.6. The van der Waals surface area contributed by atoms with Crippen molar-refractivity contribution in [2.24, 2.45) is 5.14 Å². The van der Waals surface area contributed by atoms with E-state index in [0.717, 1.165) is 24.7 Å². The van der Waals surface area contributed by atoms with Gasteiger partial charge in [0.2, 0.25) is 10.0 Å². The van der Waals surface area contributed by atoms with Crippen LogP contribution in [0.15, 0.2) is 41.3 Å². The van der Waals surface area contributed by atoms with Crippen molar-refractivity contribution in [2.75, 3.05) is 18.0 Å². The number of hydrogen-bond acceptors (Lipinski definition) is 8. The fourth-order valence-corrected chi connectivity index (χ4v) is 5.15. The van der Waals surface area contributed by atoms with Gasteiger partial charge in [-0.2, -0.15) is 24.2 Å². The second kappa shape index (κ2) is 8.59. The molecule has 0 saturated carbocycles. The van der Waals surface area contributed by atoms with Gasteiger partial charge in [-0.05, 0) is 42.2 Å². The van der Waals surface area contributed by atoms with Gasteiger partial charge in [-0.15, -0.1) is 0 Å². The molecule has 2 saturated heterocycles. The Kier molecular flexibility index (Phi) is 6.15. The van der Waals surface area contributed by atoms with E-state index in [-0.39, 0.29) is 11.1 Å². The van der Waals surface area contributed by atoms with E-state index in [2.05, 4.69) is 21.9 Å². The van der Waals surface area contributed by atoms with E-state index in [4.69, 9.17) is 5.14 Å². The number of aliphatic hydroxyl groups is 1. The first-order valence-electron chi connectivity index (χ1n) is 9.87. The predicted molar refractivity (Wildman–Crippen MR) is 111 cm³/mol. The van der Waals surface area contributed by atoms with Crippen LogP contribution in [0.2, 0.25) is 0 Å². The van der Waals surface area contributed by atoms with Crippen LogP contribution in [0.3, 0.4) is 0 Å². The number of hydrazine groups is 3. The molecule has 1 unspecified atom stereocenters. The Morgan fingerprint density at radius 1 is 1.12 bits per heavy atom. The van der Waals surface area contributed by atoms with Gasteiger partial charge in [0.1, 0.15) is 11.1 Å². The molecule has 13 heteroatoms. The number of alkyl halides is 3. The number of nitrogens with one attached hydrogen (secondary N) is 4. The quantitative estimate of drug-likeness (QED) is 0.390. The monoisotopic (exact) mass is 472 g/mol. The van der Waals surface area contributed by atoms with Crippen molar-refractivity contribution in [2.45, 2.75) is 36.2 Å². The predicted octanol–water partition coefficient (Wildman–Crippen LogP) is 1.10. The van der Waals surface area contributed by atoms with E-state index in [1.54, 1.807) is 18.2 Å². The molecular formula is C19H23F3N6O3S. The zero-order valence-electron chi connectivity index (χ0n) is 16.8. The maximum Gasteiger partial charge on any atom is 0.417 e. The van der Waals surface area contributed by atoms with Crippen molar-refractivity contribution in [3.05, 3.63) is 47.5 Å². The summed E-state index contributed by atoms with van der Waals surface area (Å²) in [6.45, 7) is 1.16. The molecule has 0 amide bonds. The Balaban J connectivity index is 1.91. The highest BCUT2D eigenvalue weighted by Gasteiger charge is 2.40. The number of hydrogen-bond donors (Lipinski definition) is 6. The van der Waals surface area contributed by atoms with E-state index in [1.807, 2.05) is 11.0 Å². The Labute approximate surface area is 182 Å². The number of primary sulfonamides is 1. The summed E-state index contributed by atoms with van der Waals surface area (Å²) in [5.74, 6) is 0. The molecule has 32 heavy (non-hydrogen) atoms. The van der Waals surface area contributed by atoms with E-state index >= 15 is 0 Å². The van der Waals surface area contributed by atoms with E-state index in [0.29, 0.717) is 18.5 Å². The summed E-state index contributed by atoms with van der Waals surface area (Å²) in [7, 11) is -4.75. The highest BCUT2D eigenvalue weighted by Crippen LogP contribution is 2.42. The molecule has 9 nitrogen and oxygen atoms in total. The molecule has 2 aliphatic rings. The van der Waals surface area contributed by atoms with Crippen LogP contribution in [0, 0.1) is 0 Å². The first kappa shape index (κ1) is 22.9. The first-order valence-corrected chi connectivity index (χ1v) is 11.4. The fourth-order valence-electron chi connectivity index (χ4n) is 4.12. The minimum absolute atomic E-state index is 0.171. The number of anilines is 1. The molecule has 2 heterocycles. The van der Waals surface area contributed by atoms with E-state index < -0.39 is 38.9 Å². The molecule has 0 aliphatic carbocycles. The number of halogens is 3. The third-order valence-corrected chi connectivity index (χ3v) is 6.50. The summed E-state index contributed by atoms with van der Waals surface area (Å²) < 4.78 is 65.8. The Morgan fingerprint density at radius 3 is 2.47 bits per heavy atom. The van der Waals surface area contributed by atoms with Crippen LogP contribution in [0.5, 0.6) is 0 Å². The van der Waals surface area contributed by atoms with Crippen molar-refractivity contribution >= 4 is 15.7 Å². The summed E-state index contributed by atoms with van der Waals surface area (Å²) in [6.07, 6.45) is -4.91. The van der Waals surface area contributed by atoms with Crippen molar-refractivity contribution in [3.8, 4) is 11.1 Å². The zero-order chi connectivity index (χ0) is 23.1. The number of sulfonamides is 1. The van der Waals surface area contributed by atoms with Crippen molar-refractivity contribution in [1.29, 1.82) is 0 Å². The Hall–Kier alpha value is -2.26. The Morgan fingerprint density at radius 2 is 1.84 bits per heavy atom. The second-order valence-corrected chi connectivity index (χ2v) is 9.21. The average Bonchev–Trinajstić information content (AvgIpc) is 3.26. The maximum absolute atomic E-state index is 13.7. The molecule has 0 radical (unpaired) electrons. The molecule has 0 aromatic heterocycles. The van der Waals surface area contributed by atoms with Crippen molar-refractivity contribution in [3.63, 3.8) is 0 Å².